The predicted molar refractivity (Wildman–Crippen MR) is 88.8 cm³/mol. The highest BCUT2D eigenvalue weighted by atomic mass is 35.5. The lowest BCUT2D eigenvalue weighted by atomic mass is 10.2. The molecule has 0 unspecified atom stereocenters. The molecule has 0 aliphatic carbocycles. The van der Waals surface area contributed by atoms with E-state index < -0.39 is 0 Å². The monoisotopic (exact) mass is 346 g/mol. The number of nitrogens with zero attached hydrogens (tertiary/aromatic N) is 2. The first-order chi connectivity index (χ1) is 10.3. The van der Waals surface area contributed by atoms with Crippen LogP contribution in [0.2, 0.25) is 5.02 Å². The first-order valence-electron chi connectivity index (χ1n) is 6.94. The summed E-state index contributed by atoms with van der Waals surface area (Å²) in [5, 5.41) is 0.774. The first kappa shape index (κ1) is 17.3. The van der Waals surface area contributed by atoms with E-state index in [1.807, 2.05) is 12.1 Å². The van der Waals surface area contributed by atoms with Crippen LogP contribution in [0, 0.1) is 0 Å². The molecule has 2 N–H and O–H groups in total. The predicted octanol–water partition coefficient (Wildman–Crippen LogP) is 0.237. The Morgan fingerprint density at radius 3 is 2.43 bits per heavy atom. The van der Waals surface area contributed by atoms with Gasteiger partial charge in [0, 0.05) is 29.8 Å². The van der Waals surface area contributed by atoms with Crippen molar-refractivity contribution >= 4 is 22.6 Å². The minimum absolute atomic E-state index is 0. The third-order valence-corrected chi connectivity index (χ3v) is 4.04. The van der Waals surface area contributed by atoms with Crippen LogP contribution in [-0.2, 0) is 6.54 Å². The van der Waals surface area contributed by atoms with Crippen molar-refractivity contribution in [2.24, 2.45) is 0 Å². The highest BCUT2D eigenvalue weighted by Gasteiger charge is 2.17. The van der Waals surface area contributed by atoms with Crippen molar-refractivity contribution in [2.45, 2.75) is 6.54 Å². The van der Waals surface area contributed by atoms with Crippen molar-refractivity contribution in [3.63, 3.8) is 0 Å². The summed E-state index contributed by atoms with van der Waals surface area (Å²) in [6, 6.07) is 20.7. The maximum atomic E-state index is 5.96. The Hall–Kier alpha value is -2.07. The molecule has 0 radical (unpaired) electrons. The Morgan fingerprint density at radius 2 is 1.65 bits per heavy atom. The zero-order chi connectivity index (χ0) is 14.2. The van der Waals surface area contributed by atoms with Crippen LogP contribution in [0.4, 0.5) is 0 Å². The lowest BCUT2D eigenvalue weighted by Gasteiger charge is -2.11. The topological polar surface area (TPSA) is 40.3 Å². The number of rotatable bonds is 2. The second-order valence-corrected chi connectivity index (χ2v) is 5.61. The van der Waals surface area contributed by atoms with Crippen LogP contribution >= 0.6 is 11.6 Å². The molecular weight excluding hydrogens is 331 g/mol. The van der Waals surface area contributed by atoms with E-state index in [0.717, 1.165) is 11.6 Å². The molecule has 118 valence electrons. The van der Waals surface area contributed by atoms with Crippen molar-refractivity contribution in [3.05, 3.63) is 83.6 Å². The van der Waals surface area contributed by atoms with Crippen molar-refractivity contribution in [2.75, 3.05) is 0 Å². The molecule has 2 aliphatic rings. The van der Waals surface area contributed by atoms with Gasteiger partial charge in [-0.15, -0.1) is 0 Å². The fourth-order valence-electron chi connectivity index (χ4n) is 2.78. The number of para-hydroxylation sites is 2. The van der Waals surface area contributed by atoms with E-state index in [2.05, 4.69) is 70.1 Å². The van der Waals surface area contributed by atoms with Crippen LogP contribution in [0.25, 0.3) is 16.7 Å². The number of benzene rings is 2. The fraction of sp³-hybridized carbons (Fsp3) is 0.0556. The Labute approximate surface area is 145 Å². The molecule has 0 atom stereocenters. The SMILES string of the molecule is Clc1ccc(Cn2cc3ccc[n+]-3c3ccccc32)cc1.O.[Cl-]. The average molecular weight is 347 g/mol. The van der Waals surface area contributed by atoms with Crippen molar-refractivity contribution < 1.29 is 22.5 Å². The van der Waals surface area contributed by atoms with Gasteiger partial charge in [-0.1, -0.05) is 35.9 Å². The molecule has 2 aromatic carbocycles. The van der Waals surface area contributed by atoms with E-state index in [9.17, 15) is 0 Å². The molecule has 23 heavy (non-hydrogen) atoms. The second kappa shape index (κ2) is 7.01. The summed E-state index contributed by atoms with van der Waals surface area (Å²) in [6.07, 6.45) is 4.29. The number of hydrogen-bond donors (Lipinski definition) is 0. The van der Waals surface area contributed by atoms with E-state index in [1.54, 1.807) is 0 Å². The van der Waals surface area contributed by atoms with E-state index in [4.69, 9.17) is 11.6 Å². The molecule has 0 saturated heterocycles. The summed E-state index contributed by atoms with van der Waals surface area (Å²) in [5.41, 5.74) is 4.87. The van der Waals surface area contributed by atoms with Gasteiger partial charge >= 0.3 is 0 Å². The van der Waals surface area contributed by atoms with Gasteiger partial charge in [0.2, 0.25) is 11.2 Å². The first-order valence-corrected chi connectivity index (χ1v) is 7.32. The van der Waals surface area contributed by atoms with Crippen LogP contribution in [0.3, 0.4) is 0 Å². The average Bonchev–Trinajstić information content (AvgIpc) is 2.98. The molecule has 4 rings (SSSR count). The Kier molecular flexibility index (Phi) is 5.26. The molecule has 0 bridgehead atoms. The minimum atomic E-state index is 0. The lowest BCUT2D eigenvalue weighted by Crippen LogP contribution is -3.00. The van der Waals surface area contributed by atoms with Gasteiger partial charge in [-0.3, -0.25) is 0 Å². The molecule has 3 nitrogen and oxygen atoms in total. The summed E-state index contributed by atoms with van der Waals surface area (Å²) < 4.78 is 4.50. The van der Waals surface area contributed by atoms with Gasteiger partial charge < -0.3 is 22.5 Å². The van der Waals surface area contributed by atoms with E-state index in [0.29, 0.717) is 0 Å². The summed E-state index contributed by atoms with van der Waals surface area (Å²) in [7, 11) is 0. The molecule has 0 saturated carbocycles. The van der Waals surface area contributed by atoms with Crippen LogP contribution in [0.5, 0.6) is 0 Å². The molecule has 0 aromatic heterocycles. The largest absolute Gasteiger partial charge is 1.00 e. The molecular formula is C18H16Cl2N2O. The molecule has 2 aliphatic heterocycles. The highest BCUT2D eigenvalue weighted by molar-refractivity contribution is 6.30. The molecule has 2 aromatic rings. The maximum Gasteiger partial charge on any atom is 0.235 e. The molecule has 5 heteroatoms. The summed E-state index contributed by atoms with van der Waals surface area (Å²) in [5.74, 6) is 0. The van der Waals surface area contributed by atoms with E-state index in [1.165, 1.54) is 22.3 Å². The van der Waals surface area contributed by atoms with Gasteiger partial charge in [0.25, 0.3) is 0 Å². The van der Waals surface area contributed by atoms with Crippen molar-refractivity contribution in [1.82, 2.24) is 4.57 Å². The van der Waals surface area contributed by atoms with Crippen molar-refractivity contribution in [1.29, 1.82) is 0 Å². The minimum Gasteiger partial charge on any atom is -1.00 e. The molecule has 2 heterocycles. The van der Waals surface area contributed by atoms with Gasteiger partial charge in [-0.25, -0.2) is 0 Å². The van der Waals surface area contributed by atoms with Gasteiger partial charge in [0.15, 0.2) is 6.20 Å². The lowest BCUT2D eigenvalue weighted by molar-refractivity contribution is -0.564. The second-order valence-electron chi connectivity index (χ2n) is 5.18. The Balaban J connectivity index is 0.000000960. The maximum absolute atomic E-state index is 5.96. The smallest absolute Gasteiger partial charge is 0.235 e. The number of halogens is 2. The number of aromatic nitrogens is 2. The van der Waals surface area contributed by atoms with Crippen molar-refractivity contribution in [3.8, 4) is 5.69 Å². The van der Waals surface area contributed by atoms with Crippen LogP contribution in [0.1, 0.15) is 5.56 Å². The van der Waals surface area contributed by atoms with Gasteiger partial charge in [-0.2, -0.15) is 4.57 Å². The zero-order valence-electron chi connectivity index (χ0n) is 12.3. The van der Waals surface area contributed by atoms with Gasteiger partial charge in [-0.05, 0) is 23.8 Å². The normalized spacial score (nSPS) is 10.3. The van der Waals surface area contributed by atoms with E-state index >= 15 is 0 Å². The van der Waals surface area contributed by atoms with Gasteiger partial charge in [0.1, 0.15) is 5.52 Å². The Bertz CT molecular complexity index is 887. The quantitative estimate of drug-likeness (QED) is 0.466. The van der Waals surface area contributed by atoms with E-state index in [-0.39, 0.29) is 17.9 Å². The summed E-state index contributed by atoms with van der Waals surface area (Å²) in [6.45, 7) is 0.833. The molecule has 0 spiro atoms. The van der Waals surface area contributed by atoms with Crippen LogP contribution in [-0.4, -0.2) is 10.0 Å². The standard InChI is InChI=1S/C18H14ClN2.ClH.H2O/c19-15-9-7-14(8-10-15)12-20-13-16-4-3-11-21(16)18-6-2-1-5-17(18)20;;/h1-11,13H,12H2;1H;1H2/q+1;;/p-1. The molecule has 0 fully saturated rings. The zero-order valence-corrected chi connectivity index (χ0v) is 13.8. The summed E-state index contributed by atoms with van der Waals surface area (Å²) in [4.78, 5) is 0. The number of hydrogen-bond acceptors (Lipinski definition) is 0. The number of fused-ring (bicyclic) bond motifs is 3. The third-order valence-electron chi connectivity index (χ3n) is 3.79. The fourth-order valence-corrected chi connectivity index (χ4v) is 2.90. The van der Waals surface area contributed by atoms with Crippen LogP contribution in [0.15, 0.2) is 73.1 Å². The van der Waals surface area contributed by atoms with Gasteiger partial charge in [0.05, 0.1) is 6.20 Å². The highest BCUT2D eigenvalue weighted by Crippen LogP contribution is 2.17. The summed E-state index contributed by atoms with van der Waals surface area (Å²) >= 11 is 5.96. The Morgan fingerprint density at radius 1 is 0.913 bits per heavy atom. The van der Waals surface area contributed by atoms with Crippen LogP contribution < -0.4 is 17.0 Å². The third kappa shape index (κ3) is 3.17. The molecule has 0 amide bonds.